The highest BCUT2D eigenvalue weighted by atomic mass is 32.1. The van der Waals surface area contributed by atoms with Gasteiger partial charge in [-0.15, -0.1) is 11.3 Å². The fourth-order valence-electron chi connectivity index (χ4n) is 1.32. The van der Waals surface area contributed by atoms with Crippen molar-refractivity contribution in [3.05, 3.63) is 34.2 Å². The second-order valence-electron chi connectivity index (χ2n) is 3.49. The SMILES string of the molecule is CCc1nc(CNc2cncc(C)n2)cs1. The molecule has 0 atom stereocenters. The largest absolute Gasteiger partial charge is 0.363 e. The lowest BCUT2D eigenvalue weighted by Crippen LogP contribution is -2.02. The minimum absolute atomic E-state index is 0.703. The van der Waals surface area contributed by atoms with Gasteiger partial charge in [0.25, 0.3) is 0 Å². The average Bonchev–Trinajstić information content (AvgIpc) is 2.74. The predicted octanol–water partition coefficient (Wildman–Crippen LogP) is 2.42. The van der Waals surface area contributed by atoms with Crippen molar-refractivity contribution in [1.82, 2.24) is 15.0 Å². The number of aromatic nitrogens is 3. The highest BCUT2D eigenvalue weighted by molar-refractivity contribution is 7.09. The minimum atomic E-state index is 0.703. The van der Waals surface area contributed by atoms with E-state index >= 15 is 0 Å². The number of anilines is 1. The summed E-state index contributed by atoms with van der Waals surface area (Å²) in [5.74, 6) is 0.797. The van der Waals surface area contributed by atoms with Gasteiger partial charge in [0.2, 0.25) is 0 Å². The highest BCUT2D eigenvalue weighted by Gasteiger charge is 2.00. The lowest BCUT2D eigenvalue weighted by atomic mass is 10.4. The molecule has 0 aromatic carbocycles. The molecule has 0 radical (unpaired) electrons. The fraction of sp³-hybridized carbons (Fsp3) is 0.364. The van der Waals surface area contributed by atoms with Gasteiger partial charge in [0.15, 0.2) is 0 Å². The zero-order valence-corrected chi connectivity index (χ0v) is 10.2. The summed E-state index contributed by atoms with van der Waals surface area (Å²) in [7, 11) is 0. The Balaban J connectivity index is 1.96. The van der Waals surface area contributed by atoms with Gasteiger partial charge in [0.05, 0.1) is 29.1 Å². The molecule has 0 fully saturated rings. The van der Waals surface area contributed by atoms with Gasteiger partial charge < -0.3 is 5.32 Å². The first kappa shape index (κ1) is 11.0. The number of aryl methyl sites for hydroxylation is 2. The van der Waals surface area contributed by atoms with Crippen LogP contribution < -0.4 is 5.32 Å². The lowest BCUT2D eigenvalue weighted by molar-refractivity contribution is 0.990. The van der Waals surface area contributed by atoms with Gasteiger partial charge in [-0.1, -0.05) is 6.92 Å². The molecule has 5 heteroatoms. The molecule has 0 spiro atoms. The predicted molar refractivity (Wildman–Crippen MR) is 65.6 cm³/mol. The Labute approximate surface area is 98.8 Å². The summed E-state index contributed by atoms with van der Waals surface area (Å²) in [5, 5.41) is 6.46. The van der Waals surface area contributed by atoms with Crippen LogP contribution in [0.5, 0.6) is 0 Å². The molecule has 2 aromatic rings. The zero-order valence-electron chi connectivity index (χ0n) is 9.40. The zero-order chi connectivity index (χ0) is 11.4. The molecule has 0 aliphatic carbocycles. The van der Waals surface area contributed by atoms with Crippen LogP contribution in [0.2, 0.25) is 0 Å². The molecule has 0 bridgehead atoms. The molecular formula is C11H14N4S. The first-order valence-electron chi connectivity index (χ1n) is 5.23. The Morgan fingerprint density at radius 1 is 1.31 bits per heavy atom. The fourth-order valence-corrected chi connectivity index (χ4v) is 2.07. The van der Waals surface area contributed by atoms with E-state index in [-0.39, 0.29) is 0 Å². The first-order chi connectivity index (χ1) is 7.78. The number of hydrogen-bond donors (Lipinski definition) is 1. The quantitative estimate of drug-likeness (QED) is 0.882. The maximum Gasteiger partial charge on any atom is 0.145 e. The van der Waals surface area contributed by atoms with Gasteiger partial charge in [-0.05, 0) is 13.3 Å². The van der Waals surface area contributed by atoms with E-state index in [1.54, 1.807) is 23.7 Å². The summed E-state index contributed by atoms with van der Waals surface area (Å²) >= 11 is 1.70. The van der Waals surface area contributed by atoms with Crippen molar-refractivity contribution in [3.8, 4) is 0 Å². The highest BCUT2D eigenvalue weighted by Crippen LogP contribution is 2.11. The molecule has 0 aliphatic rings. The Bertz CT molecular complexity index is 467. The number of rotatable bonds is 4. The van der Waals surface area contributed by atoms with Gasteiger partial charge in [0, 0.05) is 11.6 Å². The monoisotopic (exact) mass is 234 g/mol. The van der Waals surface area contributed by atoms with Crippen LogP contribution >= 0.6 is 11.3 Å². The Morgan fingerprint density at radius 2 is 2.19 bits per heavy atom. The van der Waals surface area contributed by atoms with Gasteiger partial charge >= 0.3 is 0 Å². The third kappa shape index (κ3) is 2.76. The molecule has 0 unspecified atom stereocenters. The molecule has 84 valence electrons. The normalized spacial score (nSPS) is 10.4. The van der Waals surface area contributed by atoms with Crippen molar-refractivity contribution in [2.45, 2.75) is 26.8 Å². The molecular weight excluding hydrogens is 220 g/mol. The summed E-state index contributed by atoms with van der Waals surface area (Å²) in [5.41, 5.74) is 1.97. The molecule has 2 heterocycles. The summed E-state index contributed by atoms with van der Waals surface area (Å²) in [4.78, 5) is 12.9. The molecule has 0 aliphatic heterocycles. The van der Waals surface area contributed by atoms with Crippen LogP contribution in [0.3, 0.4) is 0 Å². The maximum absolute atomic E-state index is 4.47. The topological polar surface area (TPSA) is 50.7 Å². The van der Waals surface area contributed by atoms with E-state index in [4.69, 9.17) is 0 Å². The third-order valence-electron chi connectivity index (χ3n) is 2.11. The Morgan fingerprint density at radius 3 is 2.88 bits per heavy atom. The van der Waals surface area contributed by atoms with E-state index in [9.17, 15) is 0 Å². The molecule has 2 rings (SSSR count). The van der Waals surface area contributed by atoms with Crippen LogP contribution in [0.4, 0.5) is 5.82 Å². The van der Waals surface area contributed by atoms with E-state index in [0.717, 1.165) is 23.6 Å². The van der Waals surface area contributed by atoms with Crippen molar-refractivity contribution >= 4 is 17.2 Å². The summed E-state index contributed by atoms with van der Waals surface area (Å²) < 4.78 is 0. The van der Waals surface area contributed by atoms with E-state index < -0.39 is 0 Å². The lowest BCUT2D eigenvalue weighted by Gasteiger charge is -2.02. The van der Waals surface area contributed by atoms with E-state index in [1.807, 2.05) is 6.92 Å². The van der Waals surface area contributed by atoms with E-state index in [2.05, 4.69) is 32.6 Å². The number of hydrogen-bond acceptors (Lipinski definition) is 5. The summed E-state index contributed by atoms with van der Waals surface area (Å²) in [6, 6.07) is 0. The molecule has 1 N–H and O–H groups in total. The van der Waals surface area contributed by atoms with Crippen LogP contribution in [0.25, 0.3) is 0 Å². The van der Waals surface area contributed by atoms with Crippen molar-refractivity contribution in [3.63, 3.8) is 0 Å². The van der Waals surface area contributed by atoms with Gasteiger partial charge in [-0.2, -0.15) is 0 Å². The average molecular weight is 234 g/mol. The molecule has 0 amide bonds. The molecule has 2 aromatic heterocycles. The minimum Gasteiger partial charge on any atom is -0.363 e. The van der Waals surface area contributed by atoms with Crippen molar-refractivity contribution < 1.29 is 0 Å². The van der Waals surface area contributed by atoms with Crippen molar-refractivity contribution in [1.29, 1.82) is 0 Å². The van der Waals surface area contributed by atoms with Crippen molar-refractivity contribution in [2.75, 3.05) is 5.32 Å². The Kier molecular flexibility index (Phi) is 3.46. The standard InChI is InChI=1S/C11H14N4S/c1-3-11-15-9(7-16-11)5-13-10-6-12-4-8(2)14-10/h4,6-7H,3,5H2,1-2H3,(H,13,14). The van der Waals surface area contributed by atoms with E-state index in [1.165, 1.54) is 5.01 Å². The van der Waals surface area contributed by atoms with Crippen molar-refractivity contribution in [2.24, 2.45) is 0 Å². The van der Waals surface area contributed by atoms with Gasteiger partial charge in [-0.25, -0.2) is 9.97 Å². The number of nitrogens with one attached hydrogen (secondary N) is 1. The first-order valence-corrected chi connectivity index (χ1v) is 6.11. The van der Waals surface area contributed by atoms with Gasteiger partial charge in [0.1, 0.15) is 5.82 Å². The maximum atomic E-state index is 4.47. The van der Waals surface area contributed by atoms with Crippen LogP contribution in [-0.4, -0.2) is 15.0 Å². The molecule has 0 saturated carbocycles. The van der Waals surface area contributed by atoms with Crippen LogP contribution in [0.1, 0.15) is 23.3 Å². The van der Waals surface area contributed by atoms with Crippen LogP contribution in [-0.2, 0) is 13.0 Å². The second kappa shape index (κ2) is 5.03. The van der Waals surface area contributed by atoms with Crippen LogP contribution in [0.15, 0.2) is 17.8 Å². The van der Waals surface area contributed by atoms with E-state index in [0.29, 0.717) is 6.54 Å². The molecule has 4 nitrogen and oxygen atoms in total. The number of nitrogens with zero attached hydrogens (tertiary/aromatic N) is 3. The van der Waals surface area contributed by atoms with Gasteiger partial charge in [-0.3, -0.25) is 4.98 Å². The Hall–Kier alpha value is -1.49. The molecule has 16 heavy (non-hydrogen) atoms. The number of thiazole rings is 1. The summed E-state index contributed by atoms with van der Waals surface area (Å²) in [6.07, 6.45) is 4.46. The second-order valence-corrected chi connectivity index (χ2v) is 4.43. The van der Waals surface area contributed by atoms with Crippen LogP contribution in [0, 0.1) is 6.92 Å². The third-order valence-corrected chi connectivity index (χ3v) is 3.15. The smallest absolute Gasteiger partial charge is 0.145 e. The molecule has 0 saturated heterocycles. The summed E-state index contributed by atoms with van der Waals surface area (Å²) in [6.45, 7) is 4.74.